The Kier molecular flexibility index (Phi) is 6.23. The zero-order chi connectivity index (χ0) is 25.6. The normalized spacial score (nSPS) is 19.2. The number of halogens is 9. The minimum absolute atomic E-state index is 0.0788. The van der Waals surface area contributed by atoms with Gasteiger partial charge in [0.2, 0.25) is 0 Å². The van der Waals surface area contributed by atoms with Crippen molar-refractivity contribution in [2.45, 2.75) is 44.1 Å². The summed E-state index contributed by atoms with van der Waals surface area (Å²) in [5.74, 6) is 0. The highest BCUT2D eigenvalue weighted by Crippen LogP contribution is 2.41. The van der Waals surface area contributed by atoms with E-state index in [1.165, 1.54) is 6.92 Å². The van der Waals surface area contributed by atoms with Gasteiger partial charge in [0, 0.05) is 0 Å². The number of rotatable bonds is 3. The number of carbonyl (C=O) groups excluding carboxylic acids is 1. The third-order valence-corrected chi connectivity index (χ3v) is 5.22. The van der Waals surface area contributed by atoms with Crippen LogP contribution in [-0.2, 0) is 29.8 Å². The molecule has 0 N–H and O–H groups in total. The summed E-state index contributed by atoms with van der Waals surface area (Å²) in [6.45, 7) is 0.664. The molecule has 1 heterocycles. The molecule has 2 aromatic rings. The quantitative estimate of drug-likeness (QED) is 0.445. The van der Waals surface area contributed by atoms with E-state index in [-0.39, 0.29) is 17.2 Å². The summed E-state index contributed by atoms with van der Waals surface area (Å²) in [6.07, 6.45) is -17.8. The summed E-state index contributed by atoms with van der Waals surface area (Å²) in [7, 11) is 0. The van der Waals surface area contributed by atoms with Crippen LogP contribution in [0.1, 0.15) is 46.4 Å². The lowest BCUT2D eigenvalue weighted by atomic mass is 9.97. The van der Waals surface area contributed by atoms with Crippen molar-refractivity contribution in [2.75, 3.05) is 0 Å². The van der Waals surface area contributed by atoms with E-state index in [1.54, 1.807) is 6.07 Å². The number of benzene rings is 2. The summed E-state index contributed by atoms with van der Waals surface area (Å²) in [6, 6.07) is 3.45. The van der Waals surface area contributed by atoms with Crippen LogP contribution in [0.4, 0.5) is 44.3 Å². The van der Waals surface area contributed by atoms with Crippen LogP contribution in [0.2, 0.25) is 0 Å². The average molecular weight is 496 g/mol. The number of carbonyl (C=O) groups is 1. The van der Waals surface area contributed by atoms with Gasteiger partial charge in [0.15, 0.2) is 0 Å². The number of nitrogens with zero attached hydrogens (tertiary/aromatic N) is 2. The van der Waals surface area contributed by atoms with Crippen molar-refractivity contribution in [3.63, 3.8) is 0 Å². The number of ether oxygens (including phenoxy) is 1. The Bertz CT molecular complexity index is 1110. The van der Waals surface area contributed by atoms with E-state index in [1.807, 2.05) is 0 Å². The molecular formula is C21H13F9N2O2. The summed E-state index contributed by atoms with van der Waals surface area (Å²) in [4.78, 5) is 13.2. The third kappa shape index (κ3) is 5.05. The zero-order valence-electron chi connectivity index (χ0n) is 16.9. The Labute approximate surface area is 186 Å². The van der Waals surface area contributed by atoms with E-state index < -0.39 is 65.6 Å². The van der Waals surface area contributed by atoms with Crippen LogP contribution in [0.25, 0.3) is 0 Å². The van der Waals surface area contributed by atoms with Crippen molar-refractivity contribution in [3.05, 3.63) is 69.8 Å². The predicted octanol–water partition coefficient (Wildman–Crippen LogP) is 6.70. The molecule has 3 rings (SSSR count). The molecule has 0 radical (unpaired) electrons. The van der Waals surface area contributed by atoms with E-state index in [9.17, 15) is 49.6 Å². The fourth-order valence-corrected chi connectivity index (χ4v) is 3.50. The minimum Gasteiger partial charge on any atom is -0.439 e. The first-order valence-electron chi connectivity index (χ1n) is 9.39. The van der Waals surface area contributed by atoms with E-state index >= 15 is 0 Å². The molecule has 1 saturated heterocycles. The second-order valence-electron chi connectivity index (χ2n) is 7.49. The van der Waals surface area contributed by atoms with Gasteiger partial charge in [-0.2, -0.15) is 44.8 Å². The average Bonchev–Trinajstić information content (AvgIpc) is 2.99. The van der Waals surface area contributed by atoms with Crippen LogP contribution >= 0.6 is 0 Å². The zero-order valence-corrected chi connectivity index (χ0v) is 16.9. The van der Waals surface area contributed by atoms with E-state index in [4.69, 9.17) is 4.74 Å². The fourth-order valence-electron chi connectivity index (χ4n) is 3.50. The Morgan fingerprint density at radius 3 is 1.88 bits per heavy atom. The molecule has 4 nitrogen and oxygen atoms in total. The number of amides is 1. The molecule has 0 aliphatic carbocycles. The number of hydrogen-bond donors (Lipinski definition) is 0. The number of cyclic esters (lactones) is 1. The van der Waals surface area contributed by atoms with Crippen LogP contribution in [0.5, 0.6) is 0 Å². The molecular weight excluding hydrogens is 483 g/mol. The van der Waals surface area contributed by atoms with Gasteiger partial charge in [-0.05, 0) is 54.4 Å². The van der Waals surface area contributed by atoms with Crippen molar-refractivity contribution in [3.8, 4) is 6.07 Å². The summed E-state index contributed by atoms with van der Waals surface area (Å²) in [5.41, 5.74) is -5.33. The third-order valence-electron chi connectivity index (χ3n) is 5.22. The minimum atomic E-state index is -5.12. The molecule has 2 atom stereocenters. The standard InChI is InChI=1S/C21H13F9N2O2/c1-10-17(12-4-15(20(25,26)27)7-16(5-12)21(28,29)30)34-18(33)32(10)9-13-6-14(19(22,23)24)3-2-11(13)8-31/h2-7,10,17H,9H2,1H3/t10-,17-/m0/s1. The van der Waals surface area contributed by atoms with Gasteiger partial charge in [0.25, 0.3) is 0 Å². The maximum Gasteiger partial charge on any atom is 0.416 e. The first-order valence-corrected chi connectivity index (χ1v) is 9.39. The molecule has 0 aromatic heterocycles. The lowest BCUT2D eigenvalue weighted by molar-refractivity contribution is -0.143. The van der Waals surface area contributed by atoms with E-state index in [0.717, 1.165) is 11.0 Å². The fraction of sp³-hybridized carbons (Fsp3) is 0.333. The molecule has 2 aromatic carbocycles. The Balaban J connectivity index is 1.99. The van der Waals surface area contributed by atoms with Gasteiger partial charge in [-0.3, -0.25) is 4.90 Å². The van der Waals surface area contributed by atoms with Crippen LogP contribution in [0.3, 0.4) is 0 Å². The summed E-state index contributed by atoms with van der Waals surface area (Å²) >= 11 is 0. The van der Waals surface area contributed by atoms with Gasteiger partial charge in [-0.15, -0.1) is 0 Å². The Morgan fingerprint density at radius 2 is 1.41 bits per heavy atom. The summed E-state index contributed by atoms with van der Waals surface area (Å²) < 4.78 is 123. The van der Waals surface area contributed by atoms with Crippen molar-refractivity contribution in [2.24, 2.45) is 0 Å². The largest absolute Gasteiger partial charge is 0.439 e. The number of nitriles is 1. The highest BCUT2D eigenvalue weighted by atomic mass is 19.4. The first kappa shape index (κ1) is 25.2. The topological polar surface area (TPSA) is 53.3 Å². The molecule has 0 saturated carbocycles. The van der Waals surface area contributed by atoms with E-state index in [2.05, 4.69) is 0 Å². The van der Waals surface area contributed by atoms with Crippen molar-refractivity contribution >= 4 is 6.09 Å². The van der Waals surface area contributed by atoms with Crippen molar-refractivity contribution in [1.29, 1.82) is 5.26 Å². The predicted molar refractivity (Wildman–Crippen MR) is 96.8 cm³/mol. The van der Waals surface area contributed by atoms with Crippen LogP contribution in [0, 0.1) is 11.3 Å². The maximum absolute atomic E-state index is 13.2. The van der Waals surface area contributed by atoms with Crippen LogP contribution < -0.4 is 0 Å². The molecule has 1 fully saturated rings. The smallest absolute Gasteiger partial charge is 0.416 e. The highest BCUT2D eigenvalue weighted by Gasteiger charge is 2.43. The Hall–Kier alpha value is -3.43. The van der Waals surface area contributed by atoms with Gasteiger partial charge in [-0.1, -0.05) is 0 Å². The first-order chi connectivity index (χ1) is 15.5. The van der Waals surface area contributed by atoms with Crippen LogP contribution in [0.15, 0.2) is 36.4 Å². The number of hydrogen-bond acceptors (Lipinski definition) is 3. The molecule has 13 heteroatoms. The highest BCUT2D eigenvalue weighted by molar-refractivity contribution is 5.71. The number of alkyl halides is 9. The molecule has 182 valence electrons. The van der Waals surface area contributed by atoms with Gasteiger partial charge in [-0.25, -0.2) is 4.79 Å². The molecule has 0 spiro atoms. The van der Waals surface area contributed by atoms with Gasteiger partial charge < -0.3 is 4.74 Å². The SMILES string of the molecule is C[C@H]1[C@@H](c2cc(C(F)(F)F)cc(C(F)(F)F)c2)OC(=O)N1Cc1cc(C(F)(F)F)ccc1C#N. The molecule has 1 aliphatic rings. The van der Waals surface area contributed by atoms with Crippen molar-refractivity contribution < 1.29 is 49.0 Å². The van der Waals surface area contributed by atoms with Gasteiger partial charge in [0.1, 0.15) is 6.10 Å². The van der Waals surface area contributed by atoms with Crippen molar-refractivity contribution in [1.82, 2.24) is 4.90 Å². The lowest BCUT2D eigenvalue weighted by Gasteiger charge is -2.23. The summed E-state index contributed by atoms with van der Waals surface area (Å²) in [5, 5.41) is 9.18. The molecule has 34 heavy (non-hydrogen) atoms. The van der Waals surface area contributed by atoms with Gasteiger partial charge in [0.05, 0.1) is 40.9 Å². The Morgan fingerprint density at radius 1 is 0.882 bits per heavy atom. The van der Waals surface area contributed by atoms with Gasteiger partial charge >= 0.3 is 24.6 Å². The molecule has 0 unspecified atom stereocenters. The second-order valence-corrected chi connectivity index (χ2v) is 7.49. The molecule has 1 amide bonds. The monoisotopic (exact) mass is 496 g/mol. The lowest BCUT2D eigenvalue weighted by Crippen LogP contribution is -2.32. The molecule has 0 bridgehead atoms. The maximum atomic E-state index is 13.2. The second kappa shape index (κ2) is 8.41. The van der Waals surface area contributed by atoms with Crippen LogP contribution in [-0.4, -0.2) is 17.0 Å². The van der Waals surface area contributed by atoms with E-state index in [0.29, 0.717) is 24.3 Å². The molecule has 1 aliphatic heterocycles.